The van der Waals surface area contributed by atoms with Crippen molar-refractivity contribution in [3.8, 4) is 0 Å². The predicted molar refractivity (Wildman–Crippen MR) is 54.3 cm³/mol. The van der Waals surface area contributed by atoms with Crippen molar-refractivity contribution in [1.82, 2.24) is 0 Å². The van der Waals surface area contributed by atoms with Crippen LogP contribution in [0.25, 0.3) is 0 Å². The van der Waals surface area contributed by atoms with Gasteiger partial charge in [-0.1, -0.05) is 32.5 Å². The Hall–Kier alpha value is 0.0200. The average Bonchev–Trinajstić information content (AvgIpc) is 1.95. The highest BCUT2D eigenvalue weighted by Gasteiger charge is 2.25. The topological polar surface area (TPSA) is 17.1 Å². The van der Waals surface area contributed by atoms with Gasteiger partial charge in [-0.15, -0.1) is 0 Å². The molecule has 0 N–H and O–H groups in total. The number of hydrogen-bond acceptors (Lipinski definition) is 2. The zero-order chi connectivity index (χ0) is 9.19. The van der Waals surface area contributed by atoms with E-state index in [1.165, 1.54) is 18.2 Å². The summed E-state index contributed by atoms with van der Waals surface area (Å²) in [4.78, 5) is 11.2. The Morgan fingerprint density at radius 1 is 1.50 bits per heavy atom. The smallest absolute Gasteiger partial charge is 0.188 e. The molecule has 1 saturated heterocycles. The minimum atomic E-state index is 0.371. The van der Waals surface area contributed by atoms with Gasteiger partial charge in [0.2, 0.25) is 0 Å². The van der Waals surface area contributed by atoms with Crippen molar-refractivity contribution >= 4 is 16.9 Å². The van der Waals surface area contributed by atoms with E-state index >= 15 is 0 Å². The van der Waals surface area contributed by atoms with Gasteiger partial charge >= 0.3 is 0 Å². The Kier molecular flexibility index (Phi) is 3.22. The summed E-state index contributed by atoms with van der Waals surface area (Å²) in [5.74, 6) is 1.71. The fourth-order valence-corrected chi connectivity index (χ4v) is 2.69. The van der Waals surface area contributed by atoms with Gasteiger partial charge in [0.1, 0.15) is 0 Å². The van der Waals surface area contributed by atoms with Gasteiger partial charge in [0.25, 0.3) is 0 Å². The lowest BCUT2D eigenvalue weighted by molar-refractivity contribution is -0.111. The second-order valence-corrected chi connectivity index (χ2v) is 5.73. The lowest BCUT2D eigenvalue weighted by Gasteiger charge is -2.29. The molecule has 0 aliphatic carbocycles. The summed E-state index contributed by atoms with van der Waals surface area (Å²) in [7, 11) is 0. The first-order valence-corrected chi connectivity index (χ1v) is 5.64. The predicted octanol–water partition coefficient (Wildman–Crippen LogP) is 3.09. The van der Waals surface area contributed by atoms with Crippen molar-refractivity contribution in [2.24, 2.45) is 11.3 Å². The van der Waals surface area contributed by atoms with E-state index in [-0.39, 0.29) is 0 Å². The van der Waals surface area contributed by atoms with Gasteiger partial charge in [0.15, 0.2) is 5.12 Å². The molecule has 1 heterocycles. The number of rotatable bonds is 0. The van der Waals surface area contributed by atoms with Crippen LogP contribution in [-0.2, 0) is 4.79 Å². The SMILES string of the molecule is CC1CSC(=O)CCC(C)(C)C1. The summed E-state index contributed by atoms with van der Waals surface area (Å²) in [5.41, 5.74) is 0.371. The average molecular weight is 186 g/mol. The number of thioether (sulfide) groups is 1. The van der Waals surface area contributed by atoms with Gasteiger partial charge in [-0.2, -0.15) is 0 Å². The normalized spacial score (nSPS) is 30.9. The largest absolute Gasteiger partial charge is 0.287 e. The maximum absolute atomic E-state index is 11.2. The standard InChI is InChI=1S/C10H18OS/c1-8-6-10(2,3)5-4-9(11)12-7-8/h8H,4-7H2,1-3H3. The zero-order valence-corrected chi connectivity index (χ0v) is 9.04. The van der Waals surface area contributed by atoms with Crippen LogP contribution < -0.4 is 0 Å². The first kappa shape index (κ1) is 10.1. The van der Waals surface area contributed by atoms with Crippen LogP contribution in [0.3, 0.4) is 0 Å². The first-order valence-electron chi connectivity index (χ1n) is 4.65. The summed E-state index contributed by atoms with van der Waals surface area (Å²) < 4.78 is 0. The number of hydrogen-bond donors (Lipinski definition) is 0. The van der Waals surface area contributed by atoms with E-state index in [9.17, 15) is 4.79 Å². The number of carbonyl (C=O) groups is 1. The molecule has 0 spiro atoms. The van der Waals surface area contributed by atoms with Crippen LogP contribution in [0.2, 0.25) is 0 Å². The van der Waals surface area contributed by atoms with E-state index in [1.807, 2.05) is 0 Å². The molecule has 0 aromatic carbocycles. The van der Waals surface area contributed by atoms with Crippen molar-refractivity contribution < 1.29 is 4.79 Å². The van der Waals surface area contributed by atoms with Gasteiger partial charge < -0.3 is 0 Å². The molecule has 2 heteroatoms. The molecule has 0 aromatic rings. The fraction of sp³-hybridized carbons (Fsp3) is 0.900. The number of carbonyl (C=O) groups excluding carboxylic acids is 1. The second-order valence-electron chi connectivity index (χ2n) is 4.66. The Bertz CT molecular complexity index is 175. The highest BCUT2D eigenvalue weighted by Crippen LogP contribution is 2.35. The van der Waals surface area contributed by atoms with Gasteiger partial charge in [-0.25, -0.2) is 0 Å². The maximum Gasteiger partial charge on any atom is 0.188 e. The quantitative estimate of drug-likeness (QED) is 0.578. The van der Waals surface area contributed by atoms with Crippen LogP contribution in [0, 0.1) is 11.3 Å². The molecule has 1 unspecified atom stereocenters. The molecule has 1 aliphatic heterocycles. The Balaban J connectivity index is 2.55. The minimum Gasteiger partial charge on any atom is -0.287 e. The first-order chi connectivity index (χ1) is 5.49. The Labute approximate surface area is 79.3 Å². The maximum atomic E-state index is 11.2. The minimum absolute atomic E-state index is 0.371. The monoisotopic (exact) mass is 186 g/mol. The summed E-state index contributed by atoms with van der Waals surface area (Å²) in [6.45, 7) is 6.78. The summed E-state index contributed by atoms with van der Waals surface area (Å²) in [6, 6.07) is 0. The van der Waals surface area contributed by atoms with Crippen LogP contribution in [0.15, 0.2) is 0 Å². The van der Waals surface area contributed by atoms with Gasteiger partial charge in [-0.05, 0) is 24.2 Å². The highest BCUT2D eigenvalue weighted by molar-refractivity contribution is 8.13. The van der Waals surface area contributed by atoms with Gasteiger partial charge in [0.05, 0.1) is 0 Å². The molecule has 1 atom stereocenters. The second kappa shape index (κ2) is 3.82. The summed E-state index contributed by atoms with van der Waals surface area (Å²) in [6.07, 6.45) is 3.08. The van der Waals surface area contributed by atoms with E-state index in [1.54, 1.807) is 0 Å². The lowest BCUT2D eigenvalue weighted by atomic mass is 9.80. The summed E-state index contributed by atoms with van der Waals surface area (Å²) >= 11 is 1.52. The van der Waals surface area contributed by atoms with Crippen molar-refractivity contribution in [2.75, 3.05) is 5.75 Å². The van der Waals surface area contributed by atoms with E-state index in [2.05, 4.69) is 20.8 Å². The van der Waals surface area contributed by atoms with Crippen LogP contribution in [0.5, 0.6) is 0 Å². The molecule has 0 bridgehead atoms. The third kappa shape index (κ3) is 3.18. The van der Waals surface area contributed by atoms with Crippen molar-refractivity contribution in [2.45, 2.75) is 40.0 Å². The molecule has 0 radical (unpaired) electrons. The molecule has 1 rings (SSSR count). The van der Waals surface area contributed by atoms with Gasteiger partial charge in [-0.3, -0.25) is 4.79 Å². The van der Waals surface area contributed by atoms with Crippen LogP contribution in [0.1, 0.15) is 40.0 Å². The Morgan fingerprint density at radius 2 is 2.17 bits per heavy atom. The molecule has 1 nitrogen and oxygen atoms in total. The molecule has 1 aliphatic rings. The molecular formula is C10H18OS. The molecule has 0 saturated carbocycles. The molecule has 0 amide bonds. The summed E-state index contributed by atoms with van der Waals surface area (Å²) in [5, 5.41) is 0.384. The van der Waals surface area contributed by atoms with E-state index in [0.717, 1.165) is 18.6 Å². The van der Waals surface area contributed by atoms with Gasteiger partial charge in [0, 0.05) is 12.2 Å². The zero-order valence-electron chi connectivity index (χ0n) is 8.22. The lowest BCUT2D eigenvalue weighted by Crippen LogP contribution is -2.21. The van der Waals surface area contributed by atoms with Crippen molar-refractivity contribution in [3.63, 3.8) is 0 Å². The van der Waals surface area contributed by atoms with Crippen LogP contribution in [0.4, 0.5) is 0 Å². The van der Waals surface area contributed by atoms with E-state index < -0.39 is 0 Å². The molecule has 1 fully saturated rings. The molecule has 0 aromatic heterocycles. The van der Waals surface area contributed by atoms with E-state index in [0.29, 0.717) is 16.4 Å². The van der Waals surface area contributed by atoms with E-state index in [4.69, 9.17) is 0 Å². The molecule has 12 heavy (non-hydrogen) atoms. The highest BCUT2D eigenvalue weighted by atomic mass is 32.2. The van der Waals surface area contributed by atoms with Crippen LogP contribution in [-0.4, -0.2) is 10.9 Å². The van der Waals surface area contributed by atoms with Crippen molar-refractivity contribution in [3.05, 3.63) is 0 Å². The van der Waals surface area contributed by atoms with Crippen molar-refractivity contribution in [1.29, 1.82) is 0 Å². The molecule has 70 valence electrons. The molecular weight excluding hydrogens is 168 g/mol. The fourth-order valence-electron chi connectivity index (χ4n) is 1.85. The third-order valence-corrected chi connectivity index (χ3v) is 3.70. The third-order valence-electron chi connectivity index (χ3n) is 2.44. The Morgan fingerprint density at radius 3 is 2.83 bits per heavy atom. The van der Waals surface area contributed by atoms with Crippen LogP contribution >= 0.6 is 11.8 Å².